The van der Waals surface area contributed by atoms with Gasteiger partial charge in [-0.3, -0.25) is 19.6 Å². The van der Waals surface area contributed by atoms with Gasteiger partial charge in [0, 0.05) is 18.2 Å². The van der Waals surface area contributed by atoms with E-state index in [1.165, 1.54) is 0 Å². The van der Waals surface area contributed by atoms with Gasteiger partial charge in [0.05, 0.1) is 11.7 Å². The van der Waals surface area contributed by atoms with Crippen molar-refractivity contribution in [2.45, 2.75) is 25.3 Å². The number of rotatable bonds is 3. The zero-order valence-corrected chi connectivity index (χ0v) is 10.7. The molecule has 20 heavy (non-hydrogen) atoms. The summed E-state index contributed by atoms with van der Waals surface area (Å²) in [6.45, 7) is 0. The predicted octanol–water partition coefficient (Wildman–Crippen LogP) is 0.755. The molecule has 1 saturated heterocycles. The molecule has 1 fully saturated rings. The van der Waals surface area contributed by atoms with Crippen LogP contribution in [0.5, 0.6) is 0 Å². The van der Waals surface area contributed by atoms with Crippen LogP contribution >= 0.6 is 0 Å². The zero-order chi connectivity index (χ0) is 14.1. The van der Waals surface area contributed by atoms with Crippen molar-refractivity contribution in [1.82, 2.24) is 15.1 Å². The van der Waals surface area contributed by atoms with Crippen LogP contribution in [0.15, 0.2) is 24.4 Å². The van der Waals surface area contributed by atoms with E-state index in [0.717, 1.165) is 22.8 Å². The van der Waals surface area contributed by atoms with E-state index in [-0.39, 0.29) is 11.8 Å². The summed E-state index contributed by atoms with van der Waals surface area (Å²) >= 11 is 0. The van der Waals surface area contributed by atoms with Gasteiger partial charge in [-0.05, 0) is 18.1 Å². The fourth-order valence-electron chi connectivity index (χ4n) is 2.56. The van der Waals surface area contributed by atoms with Gasteiger partial charge in [0.1, 0.15) is 12.3 Å². The Morgan fingerprint density at radius 3 is 3.00 bits per heavy atom. The molecule has 1 unspecified atom stereocenters. The van der Waals surface area contributed by atoms with Crippen LogP contribution in [0.4, 0.5) is 0 Å². The molecule has 0 saturated carbocycles. The topological polar surface area (TPSA) is 81.1 Å². The number of hydrogen-bond acceptors (Lipinski definition) is 4. The molecule has 1 aromatic heterocycles. The molecule has 1 aliphatic heterocycles. The second-order valence-electron chi connectivity index (χ2n) is 4.78. The lowest BCUT2D eigenvalue weighted by Crippen LogP contribution is -2.42. The highest BCUT2D eigenvalue weighted by molar-refractivity contribution is 6.00. The van der Waals surface area contributed by atoms with E-state index in [1.807, 2.05) is 18.2 Å². The number of nitrogens with zero attached hydrogens (tertiary/aromatic N) is 2. The molecule has 1 atom stereocenters. The number of benzene rings is 1. The van der Waals surface area contributed by atoms with E-state index in [0.29, 0.717) is 19.3 Å². The molecule has 1 N–H and O–H groups in total. The second kappa shape index (κ2) is 4.88. The van der Waals surface area contributed by atoms with Crippen LogP contribution in [-0.2, 0) is 20.8 Å². The number of nitrogens with one attached hydrogen (secondary N) is 1. The zero-order valence-electron chi connectivity index (χ0n) is 10.7. The first-order chi connectivity index (χ1) is 9.70. The Morgan fingerprint density at radius 1 is 1.40 bits per heavy atom. The summed E-state index contributed by atoms with van der Waals surface area (Å²) in [4.78, 5) is 33.8. The maximum Gasteiger partial charge on any atom is 0.251 e. The van der Waals surface area contributed by atoms with Gasteiger partial charge in [-0.2, -0.15) is 5.10 Å². The lowest BCUT2D eigenvalue weighted by molar-refractivity contribution is -0.135. The van der Waals surface area contributed by atoms with E-state index in [9.17, 15) is 14.4 Å². The molecule has 0 spiro atoms. The van der Waals surface area contributed by atoms with Crippen molar-refractivity contribution in [3.8, 4) is 0 Å². The molecule has 6 heteroatoms. The summed E-state index contributed by atoms with van der Waals surface area (Å²) < 4.78 is 1.63. The largest absolute Gasteiger partial charge is 0.303 e. The fraction of sp³-hybridized carbons (Fsp3) is 0.286. The van der Waals surface area contributed by atoms with Crippen molar-refractivity contribution < 1.29 is 14.4 Å². The van der Waals surface area contributed by atoms with E-state index in [4.69, 9.17) is 0 Å². The molecular formula is C14H13N3O3. The van der Waals surface area contributed by atoms with Crippen LogP contribution in [0.1, 0.15) is 24.4 Å². The van der Waals surface area contributed by atoms with Crippen LogP contribution in [0.25, 0.3) is 10.9 Å². The highest BCUT2D eigenvalue weighted by Crippen LogP contribution is 2.25. The van der Waals surface area contributed by atoms with E-state index < -0.39 is 6.04 Å². The number of carbonyl (C=O) groups is 3. The van der Waals surface area contributed by atoms with Crippen LogP contribution in [0, 0.1) is 0 Å². The first-order valence-corrected chi connectivity index (χ1v) is 6.43. The lowest BCUT2D eigenvalue weighted by Gasteiger charge is -2.21. The molecule has 0 bridgehead atoms. The number of fused-ring (bicyclic) bond motifs is 1. The normalized spacial score (nSPS) is 19.1. The number of carbonyl (C=O) groups excluding carboxylic acids is 3. The third-order valence-corrected chi connectivity index (χ3v) is 3.54. The molecule has 102 valence electrons. The summed E-state index contributed by atoms with van der Waals surface area (Å²) in [5, 5.41) is 7.46. The monoisotopic (exact) mass is 271 g/mol. The van der Waals surface area contributed by atoms with Gasteiger partial charge in [-0.15, -0.1) is 0 Å². The molecule has 0 radical (unpaired) electrons. The van der Waals surface area contributed by atoms with Crippen molar-refractivity contribution in [1.29, 1.82) is 0 Å². The molecule has 2 heterocycles. The highest BCUT2D eigenvalue weighted by Gasteiger charge is 2.29. The van der Waals surface area contributed by atoms with Gasteiger partial charge in [-0.1, -0.05) is 12.1 Å². The Morgan fingerprint density at radius 2 is 2.25 bits per heavy atom. The van der Waals surface area contributed by atoms with Crippen LogP contribution in [0.2, 0.25) is 0 Å². The molecule has 1 aromatic carbocycles. The van der Waals surface area contributed by atoms with Crippen molar-refractivity contribution in [3.05, 3.63) is 30.0 Å². The summed E-state index contributed by atoms with van der Waals surface area (Å²) in [7, 11) is 0. The van der Waals surface area contributed by atoms with Crippen molar-refractivity contribution >= 4 is 29.0 Å². The van der Waals surface area contributed by atoms with Gasteiger partial charge >= 0.3 is 0 Å². The third kappa shape index (κ3) is 1.99. The van der Waals surface area contributed by atoms with Crippen LogP contribution in [0.3, 0.4) is 0 Å². The molecular weight excluding hydrogens is 258 g/mol. The number of imide groups is 1. The molecule has 3 rings (SSSR count). The second-order valence-corrected chi connectivity index (χ2v) is 4.78. The minimum Gasteiger partial charge on any atom is -0.303 e. The maximum atomic E-state index is 11.9. The van der Waals surface area contributed by atoms with Crippen molar-refractivity contribution in [3.63, 3.8) is 0 Å². The SMILES string of the molecule is O=CCc1cccc2c1cnn2C1CCC(=O)NC1=O. The van der Waals surface area contributed by atoms with Crippen molar-refractivity contribution in [2.24, 2.45) is 0 Å². The average Bonchev–Trinajstić information content (AvgIpc) is 2.84. The Hall–Kier alpha value is -2.50. The van der Waals surface area contributed by atoms with E-state index in [1.54, 1.807) is 10.9 Å². The number of amides is 2. The summed E-state index contributed by atoms with van der Waals surface area (Å²) in [5.41, 5.74) is 1.69. The van der Waals surface area contributed by atoms with E-state index in [2.05, 4.69) is 10.4 Å². The fourth-order valence-corrected chi connectivity index (χ4v) is 2.56. The van der Waals surface area contributed by atoms with Crippen molar-refractivity contribution in [2.75, 3.05) is 0 Å². The number of hydrogen-bond donors (Lipinski definition) is 1. The highest BCUT2D eigenvalue weighted by atomic mass is 16.2. The minimum absolute atomic E-state index is 0.246. The first-order valence-electron chi connectivity index (χ1n) is 6.43. The standard InChI is InChI=1S/C14H13N3O3/c18-7-6-9-2-1-3-11-10(9)8-15-17(11)12-4-5-13(19)16-14(12)20/h1-3,7-8,12H,4-6H2,(H,16,19,20). The van der Waals surface area contributed by atoms with Gasteiger partial charge in [-0.25, -0.2) is 0 Å². The number of aromatic nitrogens is 2. The predicted molar refractivity (Wildman–Crippen MR) is 70.9 cm³/mol. The summed E-state index contributed by atoms with van der Waals surface area (Å²) in [6.07, 6.45) is 3.58. The van der Waals surface area contributed by atoms with Crippen LogP contribution < -0.4 is 5.32 Å². The van der Waals surface area contributed by atoms with Gasteiger partial charge < -0.3 is 4.79 Å². The average molecular weight is 271 g/mol. The quantitative estimate of drug-likeness (QED) is 0.660. The first kappa shape index (κ1) is 12.5. The van der Waals surface area contributed by atoms with E-state index >= 15 is 0 Å². The van der Waals surface area contributed by atoms with Gasteiger partial charge in [0.2, 0.25) is 5.91 Å². The van der Waals surface area contributed by atoms with Gasteiger partial charge in [0.15, 0.2) is 0 Å². The maximum absolute atomic E-state index is 11.9. The Bertz CT molecular complexity index is 705. The lowest BCUT2D eigenvalue weighted by atomic mass is 10.0. The molecule has 6 nitrogen and oxygen atoms in total. The Kier molecular flexibility index (Phi) is 3.06. The molecule has 2 amide bonds. The molecule has 2 aromatic rings. The van der Waals surface area contributed by atoms with Crippen LogP contribution in [-0.4, -0.2) is 27.9 Å². The molecule has 0 aliphatic carbocycles. The molecule has 1 aliphatic rings. The Balaban J connectivity index is 2.04. The van der Waals surface area contributed by atoms with Gasteiger partial charge in [0.25, 0.3) is 5.91 Å². The summed E-state index contributed by atoms with van der Waals surface area (Å²) in [6, 6.07) is 5.09. The third-order valence-electron chi connectivity index (χ3n) is 3.54. The number of aldehydes is 1. The minimum atomic E-state index is -0.475. The number of piperidine rings is 1. The summed E-state index contributed by atoms with van der Waals surface area (Å²) in [5.74, 6) is -0.573. The Labute approximate surface area is 114 Å². The smallest absolute Gasteiger partial charge is 0.251 e.